The summed E-state index contributed by atoms with van der Waals surface area (Å²) in [6.45, 7) is 0.615. The monoisotopic (exact) mass is 407 g/mol. The number of aromatic nitrogens is 2. The summed E-state index contributed by atoms with van der Waals surface area (Å²) in [7, 11) is 1.90. The van der Waals surface area contributed by atoms with Gasteiger partial charge in [0.05, 0.1) is 6.42 Å². The fraction of sp³-hybridized carbons (Fsp3) is 0.500. The van der Waals surface area contributed by atoms with Gasteiger partial charge in [0.15, 0.2) is 4.77 Å². The first-order valence-electron chi connectivity index (χ1n) is 9.45. The summed E-state index contributed by atoms with van der Waals surface area (Å²) in [6.07, 6.45) is 5.47. The maximum absolute atomic E-state index is 14.3. The van der Waals surface area contributed by atoms with Crippen LogP contribution in [0.15, 0.2) is 18.2 Å². The SMILES string of the molecule is Cn1c(CC(=O)NC2CCCC2)c2n(c1=S)CC(c1cc(Cl)ccc1F)C2. The topological polar surface area (TPSA) is 39.0 Å². The van der Waals surface area contributed by atoms with Crippen LogP contribution in [0.4, 0.5) is 4.39 Å². The van der Waals surface area contributed by atoms with Crippen molar-refractivity contribution in [2.75, 3.05) is 0 Å². The number of amides is 1. The van der Waals surface area contributed by atoms with E-state index in [0.29, 0.717) is 40.8 Å². The normalized spacial score (nSPS) is 19.4. The number of rotatable bonds is 4. The molecule has 4 nitrogen and oxygen atoms in total. The number of fused-ring (bicyclic) bond motifs is 1. The van der Waals surface area contributed by atoms with Crippen molar-refractivity contribution in [3.8, 4) is 0 Å². The lowest BCUT2D eigenvalue weighted by molar-refractivity contribution is -0.121. The van der Waals surface area contributed by atoms with Gasteiger partial charge >= 0.3 is 0 Å². The van der Waals surface area contributed by atoms with Crippen molar-refractivity contribution in [3.05, 3.63) is 50.8 Å². The third-order valence-electron chi connectivity index (χ3n) is 5.87. The first kappa shape index (κ1) is 18.7. The van der Waals surface area contributed by atoms with Crippen LogP contribution in [-0.2, 0) is 31.2 Å². The van der Waals surface area contributed by atoms with E-state index in [9.17, 15) is 9.18 Å². The molecule has 7 heteroatoms. The van der Waals surface area contributed by atoms with Crippen LogP contribution in [0.3, 0.4) is 0 Å². The highest BCUT2D eigenvalue weighted by Gasteiger charge is 2.31. The van der Waals surface area contributed by atoms with Gasteiger partial charge in [-0.05, 0) is 55.2 Å². The summed E-state index contributed by atoms with van der Waals surface area (Å²) < 4.78 is 18.9. The first-order valence-corrected chi connectivity index (χ1v) is 10.2. The molecule has 1 fully saturated rings. The number of nitrogens with one attached hydrogen (secondary N) is 1. The van der Waals surface area contributed by atoms with E-state index in [1.807, 2.05) is 16.2 Å². The summed E-state index contributed by atoms with van der Waals surface area (Å²) >= 11 is 11.6. The largest absolute Gasteiger partial charge is 0.353 e. The minimum absolute atomic E-state index is 0.0155. The number of halogens is 2. The minimum Gasteiger partial charge on any atom is -0.353 e. The number of carbonyl (C=O) groups excluding carboxylic acids is 1. The van der Waals surface area contributed by atoms with Crippen LogP contribution < -0.4 is 5.32 Å². The van der Waals surface area contributed by atoms with Crippen molar-refractivity contribution in [2.24, 2.45) is 7.05 Å². The Morgan fingerprint density at radius 2 is 2.11 bits per heavy atom. The summed E-state index contributed by atoms with van der Waals surface area (Å²) in [5.41, 5.74) is 2.58. The van der Waals surface area contributed by atoms with E-state index in [4.69, 9.17) is 23.8 Å². The molecule has 1 aliphatic carbocycles. The van der Waals surface area contributed by atoms with Gasteiger partial charge in [-0.15, -0.1) is 0 Å². The Hall–Kier alpha value is -1.66. The molecule has 0 saturated heterocycles. The second-order valence-electron chi connectivity index (χ2n) is 7.64. The van der Waals surface area contributed by atoms with Gasteiger partial charge in [0, 0.05) is 42.0 Å². The molecule has 1 aliphatic heterocycles. The van der Waals surface area contributed by atoms with Crippen LogP contribution in [0.1, 0.15) is 48.6 Å². The van der Waals surface area contributed by atoms with Crippen LogP contribution in [0, 0.1) is 10.6 Å². The molecule has 144 valence electrons. The molecule has 2 aromatic rings. The molecule has 0 radical (unpaired) electrons. The molecule has 1 aromatic carbocycles. The van der Waals surface area contributed by atoms with Gasteiger partial charge in [-0.25, -0.2) is 4.39 Å². The number of nitrogens with zero attached hydrogens (tertiary/aromatic N) is 2. The molecule has 1 amide bonds. The van der Waals surface area contributed by atoms with Gasteiger partial charge in [0.2, 0.25) is 5.91 Å². The lowest BCUT2D eigenvalue weighted by atomic mass is 9.95. The maximum Gasteiger partial charge on any atom is 0.226 e. The minimum atomic E-state index is -0.244. The molecular formula is C20H23ClFN3OS. The van der Waals surface area contributed by atoms with Gasteiger partial charge in [0.1, 0.15) is 5.82 Å². The van der Waals surface area contributed by atoms with Crippen molar-refractivity contribution in [3.63, 3.8) is 0 Å². The van der Waals surface area contributed by atoms with Crippen LogP contribution >= 0.6 is 23.8 Å². The highest BCUT2D eigenvalue weighted by atomic mass is 35.5. The van der Waals surface area contributed by atoms with E-state index in [0.717, 1.165) is 24.2 Å². The molecule has 27 heavy (non-hydrogen) atoms. The average molecular weight is 408 g/mol. The molecule has 2 heterocycles. The molecule has 1 saturated carbocycles. The zero-order valence-electron chi connectivity index (χ0n) is 15.3. The third-order valence-corrected chi connectivity index (χ3v) is 6.60. The summed E-state index contributed by atoms with van der Waals surface area (Å²) in [4.78, 5) is 12.5. The maximum atomic E-state index is 14.3. The smallest absolute Gasteiger partial charge is 0.226 e. The zero-order valence-corrected chi connectivity index (χ0v) is 16.9. The number of hydrogen-bond donors (Lipinski definition) is 1. The summed E-state index contributed by atoms with van der Waals surface area (Å²) in [5.74, 6) is -0.220. The van der Waals surface area contributed by atoms with Crippen LogP contribution in [0.25, 0.3) is 0 Å². The lowest BCUT2D eigenvalue weighted by Crippen LogP contribution is -2.34. The zero-order chi connectivity index (χ0) is 19.1. The quantitative estimate of drug-likeness (QED) is 0.768. The molecule has 4 rings (SSSR count). The highest BCUT2D eigenvalue weighted by Crippen LogP contribution is 2.35. The fourth-order valence-electron chi connectivity index (χ4n) is 4.45. The van der Waals surface area contributed by atoms with Crippen LogP contribution in [-0.4, -0.2) is 21.1 Å². The lowest BCUT2D eigenvalue weighted by Gasteiger charge is -2.14. The Balaban J connectivity index is 1.57. The predicted molar refractivity (Wildman–Crippen MR) is 106 cm³/mol. The van der Waals surface area contributed by atoms with Gasteiger partial charge in [-0.3, -0.25) is 4.79 Å². The molecule has 1 aromatic heterocycles. The third kappa shape index (κ3) is 3.57. The fourth-order valence-corrected chi connectivity index (χ4v) is 4.93. The van der Waals surface area contributed by atoms with Crippen LogP contribution in [0.2, 0.25) is 5.02 Å². The van der Waals surface area contributed by atoms with Crippen molar-refractivity contribution >= 4 is 29.7 Å². The summed E-state index contributed by atoms with van der Waals surface area (Å²) in [6, 6.07) is 4.97. The second kappa shape index (κ2) is 7.40. The molecule has 1 atom stereocenters. The first-order chi connectivity index (χ1) is 12.9. The van der Waals surface area contributed by atoms with Crippen molar-refractivity contribution in [1.82, 2.24) is 14.5 Å². The molecule has 0 spiro atoms. The van der Waals surface area contributed by atoms with Gasteiger partial charge in [-0.2, -0.15) is 0 Å². The standard InChI is InChI=1S/C20H23ClFN3OS/c1-24-17(10-19(26)23-14-4-2-3-5-14)18-8-12(11-25(18)20(24)27)15-9-13(21)6-7-16(15)22/h6-7,9,12,14H,2-5,8,10-11H2,1H3,(H,23,26). The van der Waals surface area contributed by atoms with Crippen molar-refractivity contribution in [2.45, 2.75) is 57.0 Å². The van der Waals surface area contributed by atoms with Gasteiger partial charge in [-0.1, -0.05) is 24.4 Å². The number of carbonyl (C=O) groups is 1. The van der Waals surface area contributed by atoms with E-state index in [-0.39, 0.29) is 17.6 Å². The predicted octanol–water partition coefficient (Wildman–Crippen LogP) is 4.29. The Morgan fingerprint density at radius 1 is 1.37 bits per heavy atom. The molecular weight excluding hydrogens is 385 g/mol. The van der Waals surface area contributed by atoms with Crippen LogP contribution in [0.5, 0.6) is 0 Å². The molecule has 1 N–H and O–H groups in total. The number of benzene rings is 1. The summed E-state index contributed by atoms with van der Waals surface area (Å²) in [5, 5.41) is 3.67. The highest BCUT2D eigenvalue weighted by molar-refractivity contribution is 7.71. The van der Waals surface area contributed by atoms with E-state index in [1.165, 1.54) is 18.9 Å². The van der Waals surface area contributed by atoms with Crippen molar-refractivity contribution in [1.29, 1.82) is 0 Å². The Kier molecular flexibility index (Phi) is 5.12. The Labute approximate surface area is 168 Å². The molecule has 1 unspecified atom stereocenters. The van der Waals surface area contributed by atoms with E-state index in [1.54, 1.807) is 12.1 Å². The molecule has 2 aliphatic rings. The number of hydrogen-bond acceptors (Lipinski definition) is 2. The van der Waals surface area contributed by atoms with Crippen molar-refractivity contribution < 1.29 is 9.18 Å². The Bertz CT molecular complexity index is 945. The second-order valence-corrected chi connectivity index (χ2v) is 8.44. The van der Waals surface area contributed by atoms with Gasteiger partial charge < -0.3 is 14.5 Å². The number of imidazole rings is 1. The average Bonchev–Trinajstić information content (AvgIpc) is 3.33. The van der Waals surface area contributed by atoms with Gasteiger partial charge in [0.25, 0.3) is 0 Å². The Morgan fingerprint density at radius 3 is 2.85 bits per heavy atom. The van der Waals surface area contributed by atoms with E-state index < -0.39 is 0 Å². The van der Waals surface area contributed by atoms with E-state index >= 15 is 0 Å². The molecule has 0 bridgehead atoms. The van der Waals surface area contributed by atoms with E-state index in [2.05, 4.69) is 5.32 Å².